The van der Waals surface area contributed by atoms with Gasteiger partial charge in [0.05, 0.1) is 10.6 Å². The molecule has 0 aliphatic rings. The quantitative estimate of drug-likeness (QED) is 0.613. The molecule has 1 heterocycles. The summed E-state index contributed by atoms with van der Waals surface area (Å²) in [5.41, 5.74) is -1.54. The molecule has 19 heavy (non-hydrogen) atoms. The maximum atomic E-state index is 11.6. The minimum atomic E-state index is -0.773. The molecule has 0 fully saturated rings. The molecule has 0 amide bonds. The molecular formula is C11H6N4O4. The van der Waals surface area contributed by atoms with E-state index >= 15 is 0 Å². The molecule has 0 atom stereocenters. The third kappa shape index (κ3) is 2.25. The second-order valence-corrected chi connectivity index (χ2v) is 3.56. The second kappa shape index (κ2) is 4.58. The van der Waals surface area contributed by atoms with Gasteiger partial charge in [-0.3, -0.25) is 24.5 Å². The van der Waals surface area contributed by atoms with Crippen LogP contribution in [0.25, 0.3) is 5.69 Å². The molecule has 0 saturated heterocycles. The van der Waals surface area contributed by atoms with Crippen LogP contribution in [0.1, 0.15) is 5.56 Å². The average Bonchev–Trinajstić information content (AvgIpc) is 2.39. The van der Waals surface area contributed by atoms with Crippen LogP contribution in [-0.2, 0) is 0 Å². The molecule has 0 saturated carbocycles. The number of hydrogen-bond donors (Lipinski definition) is 1. The Morgan fingerprint density at radius 3 is 2.42 bits per heavy atom. The van der Waals surface area contributed by atoms with E-state index in [-0.39, 0.29) is 11.3 Å². The van der Waals surface area contributed by atoms with Crippen LogP contribution in [-0.4, -0.2) is 14.5 Å². The van der Waals surface area contributed by atoms with E-state index in [4.69, 9.17) is 5.26 Å². The highest BCUT2D eigenvalue weighted by molar-refractivity contribution is 5.41. The highest BCUT2D eigenvalue weighted by atomic mass is 16.6. The lowest BCUT2D eigenvalue weighted by atomic mass is 10.2. The van der Waals surface area contributed by atoms with Gasteiger partial charge in [-0.2, -0.15) is 5.26 Å². The Morgan fingerprint density at radius 1 is 1.26 bits per heavy atom. The SMILES string of the molecule is N#Cc1cn(-c2ccc([N+](=O)[O-])cc2)c(=O)[nH]c1=O. The molecule has 1 aromatic heterocycles. The van der Waals surface area contributed by atoms with Gasteiger partial charge in [0.25, 0.3) is 11.2 Å². The first-order valence-electron chi connectivity index (χ1n) is 5.04. The van der Waals surface area contributed by atoms with E-state index in [1.54, 1.807) is 6.07 Å². The lowest BCUT2D eigenvalue weighted by Gasteiger charge is -2.04. The van der Waals surface area contributed by atoms with Crippen LogP contribution in [0, 0.1) is 21.4 Å². The van der Waals surface area contributed by atoms with Crippen LogP contribution in [0.3, 0.4) is 0 Å². The summed E-state index contributed by atoms with van der Waals surface area (Å²) in [5.74, 6) is 0. The van der Waals surface area contributed by atoms with E-state index in [9.17, 15) is 19.7 Å². The lowest BCUT2D eigenvalue weighted by molar-refractivity contribution is -0.384. The van der Waals surface area contributed by atoms with Gasteiger partial charge in [0, 0.05) is 18.3 Å². The summed E-state index contributed by atoms with van der Waals surface area (Å²) in [5, 5.41) is 19.2. The number of hydrogen-bond acceptors (Lipinski definition) is 5. The molecule has 0 unspecified atom stereocenters. The molecule has 0 spiro atoms. The molecule has 1 N–H and O–H groups in total. The van der Waals surface area contributed by atoms with Crippen LogP contribution in [0.5, 0.6) is 0 Å². The van der Waals surface area contributed by atoms with Gasteiger partial charge in [-0.25, -0.2) is 4.79 Å². The van der Waals surface area contributed by atoms with Crippen molar-refractivity contribution in [2.45, 2.75) is 0 Å². The van der Waals surface area contributed by atoms with Crippen LogP contribution in [0.2, 0.25) is 0 Å². The van der Waals surface area contributed by atoms with Crippen molar-refractivity contribution >= 4 is 5.69 Å². The van der Waals surface area contributed by atoms with Crippen LogP contribution >= 0.6 is 0 Å². The Bertz CT molecular complexity index is 795. The number of nitro groups is 1. The Hall–Kier alpha value is -3.21. The van der Waals surface area contributed by atoms with Gasteiger partial charge in [-0.05, 0) is 12.1 Å². The molecule has 8 heteroatoms. The highest BCUT2D eigenvalue weighted by Crippen LogP contribution is 2.13. The first-order chi connectivity index (χ1) is 9.02. The van der Waals surface area contributed by atoms with Gasteiger partial charge in [-0.1, -0.05) is 0 Å². The second-order valence-electron chi connectivity index (χ2n) is 3.56. The molecule has 0 aliphatic carbocycles. The number of non-ortho nitro benzene ring substituents is 1. The minimum Gasteiger partial charge on any atom is -0.273 e. The zero-order valence-corrected chi connectivity index (χ0v) is 9.36. The van der Waals surface area contributed by atoms with Crippen molar-refractivity contribution in [2.75, 3.05) is 0 Å². The van der Waals surface area contributed by atoms with Crippen molar-refractivity contribution < 1.29 is 4.92 Å². The average molecular weight is 258 g/mol. The zero-order valence-electron chi connectivity index (χ0n) is 9.36. The van der Waals surface area contributed by atoms with E-state index in [0.29, 0.717) is 5.69 Å². The van der Waals surface area contributed by atoms with E-state index in [1.807, 2.05) is 4.98 Å². The Morgan fingerprint density at radius 2 is 1.89 bits per heavy atom. The van der Waals surface area contributed by atoms with Gasteiger partial charge < -0.3 is 0 Å². The number of nitrogens with one attached hydrogen (secondary N) is 1. The monoisotopic (exact) mass is 258 g/mol. The number of aromatic amines is 1. The molecule has 0 bridgehead atoms. The fourth-order valence-electron chi connectivity index (χ4n) is 1.48. The molecule has 0 aliphatic heterocycles. The Balaban J connectivity index is 2.59. The third-order valence-corrected chi connectivity index (χ3v) is 2.40. The summed E-state index contributed by atoms with van der Waals surface area (Å²) >= 11 is 0. The number of nitriles is 1. The molecule has 0 radical (unpaired) electrons. The Kier molecular flexibility index (Phi) is 2.95. The summed E-state index contributed by atoms with van der Waals surface area (Å²) in [7, 11) is 0. The van der Waals surface area contributed by atoms with Gasteiger partial charge >= 0.3 is 5.69 Å². The van der Waals surface area contributed by atoms with Gasteiger partial charge in [0.2, 0.25) is 0 Å². The third-order valence-electron chi connectivity index (χ3n) is 2.40. The largest absolute Gasteiger partial charge is 0.332 e. The van der Waals surface area contributed by atoms with Crippen molar-refractivity contribution in [1.82, 2.24) is 9.55 Å². The summed E-state index contributed by atoms with van der Waals surface area (Å²) < 4.78 is 1.03. The number of H-pyrrole nitrogens is 1. The number of nitro benzene ring substituents is 1. The van der Waals surface area contributed by atoms with Gasteiger partial charge in [0.15, 0.2) is 0 Å². The number of benzene rings is 1. The number of rotatable bonds is 2. The summed E-state index contributed by atoms with van der Waals surface area (Å²) in [4.78, 5) is 34.7. The predicted molar refractivity (Wildman–Crippen MR) is 64.0 cm³/mol. The van der Waals surface area contributed by atoms with Crippen molar-refractivity contribution in [2.24, 2.45) is 0 Å². The lowest BCUT2D eigenvalue weighted by Crippen LogP contribution is -2.30. The van der Waals surface area contributed by atoms with Crippen LogP contribution in [0.4, 0.5) is 5.69 Å². The minimum absolute atomic E-state index is 0.123. The van der Waals surface area contributed by atoms with Gasteiger partial charge in [-0.15, -0.1) is 0 Å². The maximum Gasteiger partial charge on any atom is 0.332 e. The summed E-state index contributed by atoms with van der Waals surface area (Å²) in [6, 6.07) is 6.79. The first kappa shape index (κ1) is 12.3. The van der Waals surface area contributed by atoms with Crippen molar-refractivity contribution in [3.63, 3.8) is 0 Å². The zero-order chi connectivity index (χ0) is 14.0. The normalized spacial score (nSPS) is 9.84. The summed E-state index contributed by atoms with van der Waals surface area (Å²) in [6.45, 7) is 0. The maximum absolute atomic E-state index is 11.6. The Labute approximate surface area is 105 Å². The predicted octanol–water partition coefficient (Wildman–Crippen LogP) is 0.306. The van der Waals surface area contributed by atoms with E-state index in [2.05, 4.69) is 0 Å². The fourth-order valence-corrected chi connectivity index (χ4v) is 1.48. The topological polar surface area (TPSA) is 122 Å². The molecule has 2 rings (SSSR count). The summed E-state index contributed by atoms with van der Waals surface area (Å²) in [6.07, 6.45) is 1.09. The molecular weight excluding hydrogens is 252 g/mol. The van der Waals surface area contributed by atoms with Crippen molar-refractivity contribution in [3.8, 4) is 11.8 Å². The molecule has 8 nitrogen and oxygen atoms in total. The molecule has 94 valence electrons. The van der Waals surface area contributed by atoms with Crippen LogP contribution < -0.4 is 11.2 Å². The van der Waals surface area contributed by atoms with Crippen LogP contribution in [0.15, 0.2) is 40.1 Å². The molecule has 2 aromatic rings. The number of aromatic nitrogens is 2. The van der Waals surface area contributed by atoms with Crippen molar-refractivity contribution in [1.29, 1.82) is 5.26 Å². The first-order valence-corrected chi connectivity index (χ1v) is 5.04. The highest BCUT2D eigenvalue weighted by Gasteiger charge is 2.08. The van der Waals surface area contributed by atoms with E-state index in [1.165, 1.54) is 24.3 Å². The fraction of sp³-hybridized carbons (Fsp3) is 0. The standard InChI is InChI=1S/C11H6N4O4/c12-5-7-6-14(11(17)13-10(7)16)8-1-3-9(4-2-8)15(18)19/h1-4,6H,(H,13,16,17). The van der Waals surface area contributed by atoms with E-state index in [0.717, 1.165) is 10.8 Å². The van der Waals surface area contributed by atoms with Crippen molar-refractivity contribution in [3.05, 3.63) is 67.0 Å². The van der Waals surface area contributed by atoms with E-state index < -0.39 is 16.2 Å². The number of nitrogens with zero attached hydrogens (tertiary/aromatic N) is 3. The van der Waals surface area contributed by atoms with Gasteiger partial charge in [0.1, 0.15) is 11.6 Å². The molecule has 1 aromatic carbocycles. The smallest absolute Gasteiger partial charge is 0.273 e.